The van der Waals surface area contributed by atoms with Gasteiger partial charge in [-0.25, -0.2) is 0 Å². The van der Waals surface area contributed by atoms with E-state index in [2.05, 4.69) is 91.3 Å². The molecule has 0 amide bonds. The van der Waals surface area contributed by atoms with E-state index in [1.165, 1.54) is 50.0 Å². The van der Waals surface area contributed by atoms with E-state index >= 15 is 0 Å². The Hall–Kier alpha value is -3.78. The van der Waals surface area contributed by atoms with Crippen LogP contribution in [0.15, 0.2) is 79.0 Å². The fraction of sp³-hybridized carbons (Fsp3) is 0.270. The normalized spacial score (nSPS) is 13.0. The summed E-state index contributed by atoms with van der Waals surface area (Å²) in [5.41, 5.74) is 10.3. The third-order valence-corrected chi connectivity index (χ3v) is 8.89. The number of hydrogen-bond donors (Lipinski definition) is 0. The van der Waals surface area contributed by atoms with Gasteiger partial charge in [0.15, 0.2) is 35.7 Å². The van der Waals surface area contributed by atoms with Crippen LogP contribution in [0.5, 0.6) is 23.0 Å². The van der Waals surface area contributed by atoms with Crippen LogP contribution in [0.1, 0.15) is 45.7 Å². The lowest BCUT2D eigenvalue weighted by Crippen LogP contribution is -3.00. The molecule has 3 heterocycles. The number of halogens is 1. The summed E-state index contributed by atoms with van der Waals surface area (Å²) in [5.74, 6) is 3.44. The van der Waals surface area contributed by atoms with E-state index < -0.39 is 0 Å². The van der Waals surface area contributed by atoms with Crippen LogP contribution in [0.25, 0.3) is 22.0 Å². The highest BCUT2D eigenvalue weighted by atomic mass is 127. The molecule has 43 heavy (non-hydrogen) atoms. The van der Waals surface area contributed by atoms with Crippen molar-refractivity contribution in [2.24, 2.45) is 0 Å². The number of aromatic nitrogens is 1. The molecule has 2 aliphatic rings. The summed E-state index contributed by atoms with van der Waals surface area (Å²) >= 11 is 0. The van der Waals surface area contributed by atoms with Crippen LogP contribution < -0.4 is 47.5 Å². The standard InChI is InChI=1S/C37H36NO4.HI/c1-23-5-9-25(10-6-23)28(26-11-7-24(2)8-12-26)13-14-30-29-15-16-33(39-3)37(40-4)32(29)21-38-18-17-27-19-34-35(42-22-41-34)20-31(27)36(30)38;/h5-12,15-16,19-21,28H,13-14,17-18,22H2,1-4H3;1H/q+1;/p-1. The number of benzene rings is 4. The van der Waals surface area contributed by atoms with Crippen molar-refractivity contribution in [3.63, 3.8) is 0 Å². The van der Waals surface area contributed by atoms with Crippen LogP contribution in [0.2, 0.25) is 0 Å². The van der Waals surface area contributed by atoms with Gasteiger partial charge in [-0.05, 0) is 67.6 Å². The van der Waals surface area contributed by atoms with E-state index in [0.717, 1.165) is 54.2 Å². The Morgan fingerprint density at radius 3 is 2.07 bits per heavy atom. The molecule has 2 aliphatic heterocycles. The zero-order valence-electron chi connectivity index (χ0n) is 25.1. The first-order chi connectivity index (χ1) is 20.5. The third-order valence-electron chi connectivity index (χ3n) is 8.89. The second kappa shape index (κ2) is 12.1. The lowest BCUT2D eigenvalue weighted by atomic mass is 9.83. The molecule has 5 aromatic rings. The van der Waals surface area contributed by atoms with Crippen molar-refractivity contribution in [2.75, 3.05) is 21.0 Å². The number of pyridine rings is 1. The number of nitrogens with zero attached hydrogens (tertiary/aromatic N) is 1. The SMILES string of the molecule is COc1ccc2c(CCC(c3ccc(C)cc3)c3ccc(C)cc3)c3[n+](cc2c1OC)CCc1cc2c(cc1-3)OCO2.[I-]. The van der Waals surface area contributed by atoms with Gasteiger partial charge in [0.2, 0.25) is 12.5 Å². The summed E-state index contributed by atoms with van der Waals surface area (Å²) in [4.78, 5) is 0. The Kier molecular flexibility index (Phi) is 8.23. The largest absolute Gasteiger partial charge is 1.00 e. The van der Waals surface area contributed by atoms with Crippen molar-refractivity contribution in [3.05, 3.63) is 112 Å². The zero-order valence-corrected chi connectivity index (χ0v) is 27.2. The summed E-state index contributed by atoms with van der Waals surface area (Å²) in [7, 11) is 3.42. The topological polar surface area (TPSA) is 40.8 Å². The molecular weight excluding hydrogens is 649 g/mol. The van der Waals surface area contributed by atoms with Gasteiger partial charge < -0.3 is 42.9 Å². The molecule has 0 spiro atoms. The van der Waals surface area contributed by atoms with Crippen molar-refractivity contribution < 1.29 is 47.5 Å². The van der Waals surface area contributed by atoms with E-state index in [0.29, 0.717) is 0 Å². The average Bonchev–Trinajstić information content (AvgIpc) is 3.48. The maximum atomic E-state index is 5.94. The van der Waals surface area contributed by atoms with Gasteiger partial charge >= 0.3 is 0 Å². The number of ether oxygens (including phenoxy) is 4. The molecule has 0 radical (unpaired) electrons. The molecule has 0 fully saturated rings. The molecule has 0 N–H and O–H groups in total. The number of aryl methyl sites for hydroxylation is 5. The van der Waals surface area contributed by atoms with Gasteiger partial charge in [-0.3, -0.25) is 0 Å². The van der Waals surface area contributed by atoms with Crippen molar-refractivity contribution >= 4 is 10.8 Å². The van der Waals surface area contributed by atoms with Gasteiger partial charge in [-0.2, -0.15) is 4.57 Å². The van der Waals surface area contributed by atoms with Crippen molar-refractivity contribution in [1.82, 2.24) is 0 Å². The van der Waals surface area contributed by atoms with E-state index in [1.807, 2.05) is 6.07 Å². The van der Waals surface area contributed by atoms with Gasteiger partial charge in [0.25, 0.3) is 0 Å². The third kappa shape index (κ3) is 5.30. The summed E-state index contributed by atoms with van der Waals surface area (Å²) in [5, 5.41) is 2.26. The van der Waals surface area contributed by atoms with E-state index in [-0.39, 0.29) is 36.7 Å². The zero-order chi connectivity index (χ0) is 28.8. The predicted molar refractivity (Wildman–Crippen MR) is 165 cm³/mol. The van der Waals surface area contributed by atoms with Crippen LogP contribution in [0, 0.1) is 13.8 Å². The average molecular weight is 686 g/mol. The molecule has 0 saturated carbocycles. The molecule has 5 nitrogen and oxygen atoms in total. The highest BCUT2D eigenvalue weighted by Gasteiger charge is 2.32. The Bertz CT molecular complexity index is 1750. The van der Waals surface area contributed by atoms with E-state index in [1.54, 1.807) is 14.2 Å². The molecule has 1 aromatic heterocycles. The molecular formula is C37H36INO4. The molecule has 0 bridgehead atoms. The highest BCUT2D eigenvalue weighted by molar-refractivity contribution is 5.95. The van der Waals surface area contributed by atoms with Gasteiger partial charge in [0.05, 0.1) is 25.2 Å². The first-order valence-electron chi connectivity index (χ1n) is 14.7. The monoisotopic (exact) mass is 685 g/mol. The summed E-state index contributed by atoms with van der Waals surface area (Å²) in [6.45, 7) is 5.45. The quantitative estimate of drug-likeness (QED) is 0.187. The summed E-state index contributed by atoms with van der Waals surface area (Å²) in [6, 6.07) is 26.6. The predicted octanol–water partition coefficient (Wildman–Crippen LogP) is 4.48. The van der Waals surface area contributed by atoms with Crippen molar-refractivity contribution in [2.45, 2.75) is 45.6 Å². The minimum atomic E-state index is 0. The van der Waals surface area contributed by atoms with Gasteiger partial charge in [0.1, 0.15) is 0 Å². The second-order valence-corrected chi connectivity index (χ2v) is 11.4. The van der Waals surface area contributed by atoms with Crippen LogP contribution in [0.3, 0.4) is 0 Å². The number of hydrogen-bond acceptors (Lipinski definition) is 4. The van der Waals surface area contributed by atoms with Gasteiger partial charge in [0, 0.05) is 23.3 Å². The van der Waals surface area contributed by atoms with Gasteiger partial charge in [-0.1, -0.05) is 59.7 Å². The molecule has 0 aliphatic carbocycles. The molecule has 0 unspecified atom stereocenters. The first-order valence-corrected chi connectivity index (χ1v) is 14.7. The lowest BCUT2D eigenvalue weighted by Gasteiger charge is -2.23. The van der Waals surface area contributed by atoms with Crippen LogP contribution >= 0.6 is 0 Å². The second-order valence-electron chi connectivity index (χ2n) is 11.4. The molecule has 0 saturated heterocycles. The Labute approximate surface area is 270 Å². The Morgan fingerprint density at radius 1 is 0.791 bits per heavy atom. The fourth-order valence-corrected chi connectivity index (χ4v) is 6.67. The fourth-order valence-electron chi connectivity index (χ4n) is 6.67. The maximum Gasteiger partial charge on any atom is 0.231 e. The number of fused-ring (bicyclic) bond motifs is 5. The number of rotatable bonds is 7. The molecule has 220 valence electrons. The molecule has 7 rings (SSSR count). The molecule has 6 heteroatoms. The highest BCUT2D eigenvalue weighted by Crippen LogP contribution is 2.44. The molecule has 4 aromatic carbocycles. The van der Waals surface area contributed by atoms with E-state index in [9.17, 15) is 0 Å². The smallest absolute Gasteiger partial charge is 0.231 e. The first kappa shape index (κ1) is 29.3. The lowest BCUT2D eigenvalue weighted by molar-refractivity contribution is -0.686. The Balaban J connectivity index is 0.00000329. The minimum Gasteiger partial charge on any atom is -1.00 e. The van der Waals surface area contributed by atoms with Crippen LogP contribution in [0.4, 0.5) is 0 Å². The van der Waals surface area contributed by atoms with Gasteiger partial charge in [-0.15, -0.1) is 0 Å². The number of methoxy groups -OCH3 is 2. The Morgan fingerprint density at radius 2 is 1.44 bits per heavy atom. The van der Waals surface area contributed by atoms with Crippen LogP contribution in [-0.4, -0.2) is 21.0 Å². The summed E-state index contributed by atoms with van der Waals surface area (Å²) in [6.07, 6.45) is 5.02. The van der Waals surface area contributed by atoms with Crippen molar-refractivity contribution in [1.29, 1.82) is 0 Å². The molecule has 0 atom stereocenters. The summed E-state index contributed by atoms with van der Waals surface area (Å²) < 4.78 is 25.6. The van der Waals surface area contributed by atoms with Crippen molar-refractivity contribution in [3.8, 4) is 34.3 Å². The minimum absolute atomic E-state index is 0. The van der Waals surface area contributed by atoms with Crippen LogP contribution in [-0.2, 0) is 19.4 Å². The maximum absolute atomic E-state index is 5.94. The van der Waals surface area contributed by atoms with E-state index in [4.69, 9.17) is 18.9 Å².